The van der Waals surface area contributed by atoms with Gasteiger partial charge in [0.15, 0.2) is 5.69 Å². The second-order valence-electron chi connectivity index (χ2n) is 9.22. The Balaban J connectivity index is 1.57. The number of carbonyl (C=O) groups excluding carboxylic acids is 1. The van der Waals surface area contributed by atoms with Gasteiger partial charge in [-0.1, -0.05) is 49.4 Å². The summed E-state index contributed by atoms with van der Waals surface area (Å²) in [5, 5.41) is 8.11. The summed E-state index contributed by atoms with van der Waals surface area (Å²) in [4.78, 5) is 25.8. The van der Waals surface area contributed by atoms with Crippen LogP contribution in [0.4, 0.5) is 8.78 Å². The number of fused-ring (bicyclic) bond motifs is 1. The van der Waals surface area contributed by atoms with Crippen LogP contribution in [0.2, 0.25) is 0 Å². The molecule has 4 rings (SSSR count). The minimum absolute atomic E-state index is 0.0210. The smallest absolute Gasteiger partial charge is 0.359 e. The molecule has 0 spiro atoms. The number of nitrogens with two attached hydrogens (primary N) is 1. The van der Waals surface area contributed by atoms with E-state index in [4.69, 9.17) is 10.5 Å². The second kappa shape index (κ2) is 12.1. The van der Waals surface area contributed by atoms with E-state index in [0.29, 0.717) is 22.9 Å². The molecule has 3 aromatic carbocycles. The fourth-order valence-electron chi connectivity index (χ4n) is 4.37. The van der Waals surface area contributed by atoms with Crippen molar-refractivity contribution in [2.75, 3.05) is 6.54 Å². The van der Waals surface area contributed by atoms with Gasteiger partial charge >= 0.3 is 5.97 Å². The number of hydrogen-bond donors (Lipinski definition) is 2. The minimum atomic E-state index is -0.860. The van der Waals surface area contributed by atoms with Gasteiger partial charge in [0.1, 0.15) is 17.7 Å². The first-order valence-corrected chi connectivity index (χ1v) is 12.4. The van der Waals surface area contributed by atoms with E-state index in [1.165, 1.54) is 24.7 Å². The summed E-state index contributed by atoms with van der Waals surface area (Å²) in [6.07, 6.45) is 0.117. The number of benzene rings is 3. The highest BCUT2D eigenvalue weighted by Crippen LogP contribution is 2.17. The Bertz CT molecular complexity index is 1480. The van der Waals surface area contributed by atoms with Gasteiger partial charge in [0.05, 0.1) is 5.39 Å². The van der Waals surface area contributed by atoms with Crippen LogP contribution < -0.4 is 16.6 Å². The predicted octanol–water partition coefficient (Wildman–Crippen LogP) is 3.66. The molecule has 0 fully saturated rings. The van der Waals surface area contributed by atoms with E-state index in [0.717, 1.165) is 22.7 Å². The molecule has 0 unspecified atom stereocenters. The summed E-state index contributed by atoms with van der Waals surface area (Å²) in [5.74, 6) is -2.18. The number of hydrogen-bond acceptors (Lipinski definition) is 6. The Labute approximate surface area is 219 Å². The fourth-order valence-corrected chi connectivity index (χ4v) is 4.37. The van der Waals surface area contributed by atoms with Crippen LogP contribution in [0.15, 0.2) is 71.5 Å². The largest absolute Gasteiger partial charge is 0.455 e. The molecule has 0 saturated carbocycles. The number of nitrogens with zero attached hydrogens (tertiary/aromatic N) is 2. The molecule has 0 aliphatic carbocycles. The molecule has 3 N–H and O–H groups in total. The first-order chi connectivity index (χ1) is 18.2. The SMILES string of the molecule is CCc1cccc(CNC[C@@H](OC(=O)c2nn(C)c(=O)c3ccccc23)[C@@H](N)Cc2cc(F)cc(F)c2)c1. The normalized spacial score (nSPS) is 12.9. The predicted molar refractivity (Wildman–Crippen MR) is 142 cm³/mol. The maximum Gasteiger partial charge on any atom is 0.359 e. The zero-order valence-electron chi connectivity index (χ0n) is 21.3. The molecule has 0 amide bonds. The van der Waals surface area contributed by atoms with Crippen LogP contribution in [0.1, 0.15) is 34.1 Å². The topological polar surface area (TPSA) is 99.2 Å². The Morgan fingerprint density at radius 3 is 2.39 bits per heavy atom. The number of carbonyl (C=O) groups is 1. The Morgan fingerprint density at radius 2 is 1.68 bits per heavy atom. The quantitative estimate of drug-likeness (QED) is 0.310. The van der Waals surface area contributed by atoms with Crippen LogP contribution >= 0.6 is 0 Å². The van der Waals surface area contributed by atoms with Crippen molar-refractivity contribution in [2.45, 2.75) is 38.5 Å². The van der Waals surface area contributed by atoms with Crippen LogP contribution in [0.5, 0.6) is 0 Å². The molecule has 0 radical (unpaired) electrons. The zero-order chi connectivity index (χ0) is 27.2. The summed E-state index contributed by atoms with van der Waals surface area (Å²) in [7, 11) is 1.46. The highest BCUT2D eigenvalue weighted by molar-refractivity contribution is 6.02. The Morgan fingerprint density at radius 1 is 1.00 bits per heavy atom. The monoisotopic (exact) mass is 520 g/mol. The molecule has 9 heteroatoms. The lowest BCUT2D eigenvalue weighted by Gasteiger charge is -2.25. The lowest BCUT2D eigenvalue weighted by molar-refractivity contribution is 0.0231. The van der Waals surface area contributed by atoms with Crippen molar-refractivity contribution in [2.24, 2.45) is 12.8 Å². The van der Waals surface area contributed by atoms with Crippen molar-refractivity contribution < 1.29 is 18.3 Å². The van der Waals surface area contributed by atoms with Crippen molar-refractivity contribution in [3.8, 4) is 0 Å². The first-order valence-electron chi connectivity index (χ1n) is 12.4. The molecule has 38 heavy (non-hydrogen) atoms. The molecule has 0 aliphatic heterocycles. The number of ether oxygens (including phenoxy) is 1. The van der Waals surface area contributed by atoms with Crippen molar-refractivity contribution in [3.63, 3.8) is 0 Å². The molecule has 7 nitrogen and oxygen atoms in total. The van der Waals surface area contributed by atoms with Gasteiger partial charge in [-0.05, 0) is 47.7 Å². The molecule has 0 bridgehead atoms. The standard InChI is InChI=1S/C29H30F2N4O3/c1-3-18-7-6-8-19(11-18)16-33-17-26(25(32)14-20-12-21(30)15-22(31)13-20)38-29(37)27-23-9-4-5-10-24(23)28(36)35(2)34-27/h4-13,15,25-26,33H,3,14,16-17,32H2,1-2H3/t25-,26+/m0/s1. The van der Waals surface area contributed by atoms with E-state index in [1.807, 2.05) is 18.2 Å². The van der Waals surface area contributed by atoms with Gasteiger partial charge in [0, 0.05) is 37.6 Å². The van der Waals surface area contributed by atoms with Crippen molar-refractivity contribution >= 4 is 16.7 Å². The maximum absolute atomic E-state index is 13.8. The average Bonchev–Trinajstić information content (AvgIpc) is 2.89. The number of aryl methyl sites for hydroxylation is 2. The number of halogens is 2. The van der Waals surface area contributed by atoms with Crippen molar-refractivity contribution in [3.05, 3.63) is 111 Å². The van der Waals surface area contributed by atoms with Crippen LogP contribution in [0.25, 0.3) is 10.8 Å². The van der Waals surface area contributed by atoms with E-state index < -0.39 is 29.7 Å². The molecule has 198 valence electrons. The number of aromatic nitrogens is 2. The lowest BCUT2D eigenvalue weighted by Crippen LogP contribution is -2.46. The van der Waals surface area contributed by atoms with Crippen LogP contribution in [-0.4, -0.2) is 34.4 Å². The van der Waals surface area contributed by atoms with Gasteiger partial charge in [-0.2, -0.15) is 5.10 Å². The van der Waals surface area contributed by atoms with E-state index >= 15 is 0 Å². The lowest BCUT2D eigenvalue weighted by atomic mass is 10.0. The second-order valence-corrected chi connectivity index (χ2v) is 9.22. The molecule has 2 atom stereocenters. The summed E-state index contributed by atoms with van der Waals surface area (Å²) in [6, 6.07) is 17.2. The fraction of sp³-hybridized carbons (Fsp3) is 0.276. The molecular weight excluding hydrogens is 490 g/mol. The van der Waals surface area contributed by atoms with Crippen LogP contribution in [-0.2, 0) is 31.2 Å². The van der Waals surface area contributed by atoms with Gasteiger partial charge < -0.3 is 15.8 Å². The molecule has 0 saturated heterocycles. The highest BCUT2D eigenvalue weighted by atomic mass is 19.1. The Hall–Kier alpha value is -3.95. The van der Waals surface area contributed by atoms with Gasteiger partial charge in [-0.25, -0.2) is 18.3 Å². The van der Waals surface area contributed by atoms with Crippen LogP contribution in [0.3, 0.4) is 0 Å². The van der Waals surface area contributed by atoms with E-state index in [1.54, 1.807) is 24.3 Å². The number of esters is 1. The zero-order valence-corrected chi connectivity index (χ0v) is 21.3. The summed E-state index contributed by atoms with van der Waals surface area (Å²) >= 11 is 0. The van der Waals surface area contributed by atoms with E-state index in [9.17, 15) is 18.4 Å². The average molecular weight is 521 g/mol. The summed E-state index contributed by atoms with van der Waals surface area (Å²) in [5.41, 5.74) is 8.67. The molecular formula is C29H30F2N4O3. The number of nitrogens with one attached hydrogen (secondary N) is 1. The van der Waals surface area contributed by atoms with Crippen molar-refractivity contribution in [1.82, 2.24) is 15.1 Å². The molecule has 1 aromatic heterocycles. The molecule has 1 heterocycles. The third kappa shape index (κ3) is 6.48. The summed E-state index contributed by atoms with van der Waals surface area (Å²) in [6.45, 7) is 2.77. The third-order valence-electron chi connectivity index (χ3n) is 6.35. The molecule has 4 aromatic rings. The minimum Gasteiger partial charge on any atom is -0.455 e. The third-order valence-corrected chi connectivity index (χ3v) is 6.35. The summed E-state index contributed by atoms with van der Waals surface area (Å²) < 4.78 is 34.4. The number of rotatable bonds is 10. The Kier molecular flexibility index (Phi) is 8.60. The first kappa shape index (κ1) is 27.1. The van der Waals surface area contributed by atoms with Gasteiger partial charge in [0.2, 0.25) is 0 Å². The van der Waals surface area contributed by atoms with E-state index in [2.05, 4.69) is 23.4 Å². The van der Waals surface area contributed by atoms with Crippen LogP contribution in [0, 0.1) is 11.6 Å². The highest BCUT2D eigenvalue weighted by Gasteiger charge is 2.26. The van der Waals surface area contributed by atoms with Gasteiger partial charge in [-0.3, -0.25) is 4.79 Å². The van der Waals surface area contributed by atoms with E-state index in [-0.39, 0.29) is 24.2 Å². The molecule has 0 aliphatic rings. The maximum atomic E-state index is 13.8. The van der Waals surface area contributed by atoms with Gasteiger partial charge in [-0.15, -0.1) is 0 Å². The van der Waals surface area contributed by atoms with Crippen molar-refractivity contribution in [1.29, 1.82) is 0 Å². The van der Waals surface area contributed by atoms with Gasteiger partial charge in [0.25, 0.3) is 5.56 Å².